The number of nitrogens with one attached hydrogen (secondary N) is 2. The first-order chi connectivity index (χ1) is 18.2. The van der Waals surface area contributed by atoms with Crippen LogP contribution in [0.4, 0.5) is 17.1 Å². The maximum atomic E-state index is 13.0. The molecule has 1 heterocycles. The van der Waals surface area contributed by atoms with E-state index in [-0.39, 0.29) is 40.1 Å². The fourth-order valence-electron chi connectivity index (χ4n) is 3.76. The molecule has 9 nitrogen and oxygen atoms in total. The summed E-state index contributed by atoms with van der Waals surface area (Å²) < 4.78 is 4.69. The van der Waals surface area contributed by atoms with Crippen molar-refractivity contribution in [3.8, 4) is 0 Å². The molecule has 0 saturated carbocycles. The van der Waals surface area contributed by atoms with Gasteiger partial charge in [-0.2, -0.15) is 0 Å². The van der Waals surface area contributed by atoms with Gasteiger partial charge >= 0.3 is 5.97 Å². The Morgan fingerprint density at radius 1 is 0.868 bits per heavy atom. The monoisotopic (exact) mass is 531 g/mol. The van der Waals surface area contributed by atoms with Crippen LogP contribution in [-0.4, -0.2) is 36.6 Å². The molecule has 192 valence electrons. The minimum absolute atomic E-state index is 0.0576. The average Bonchev–Trinajstić information content (AvgIpc) is 3.12. The third kappa shape index (κ3) is 5.63. The Bertz CT molecular complexity index is 1480. The standard InChI is InChI=1S/C28H22ClN3O6/c1-16(33)18-8-12-20(13-9-18)30-23(34)14-17-6-10-21(11-7-17)31-25-24(29)26(35)32(27(25)36)22-5-3-4-19(15-22)28(37)38-2/h3-13,15,31H,14H2,1-2H3,(H,30,34). The molecule has 4 rings (SSSR count). The summed E-state index contributed by atoms with van der Waals surface area (Å²) in [5, 5.41) is 5.35. The van der Waals surface area contributed by atoms with Crippen molar-refractivity contribution in [3.05, 3.63) is 100 Å². The van der Waals surface area contributed by atoms with Crippen LogP contribution in [-0.2, 0) is 25.5 Å². The lowest BCUT2D eigenvalue weighted by Gasteiger charge is -2.16. The number of imide groups is 1. The molecule has 0 atom stereocenters. The summed E-state index contributed by atoms with van der Waals surface area (Å²) in [5.74, 6) is -2.32. The normalized spacial score (nSPS) is 13.0. The Hall–Kier alpha value is -4.76. The van der Waals surface area contributed by atoms with Crippen LogP contribution in [0.3, 0.4) is 0 Å². The Labute approximate surface area is 223 Å². The predicted octanol–water partition coefficient (Wildman–Crippen LogP) is 4.29. The molecule has 0 aliphatic carbocycles. The number of esters is 1. The van der Waals surface area contributed by atoms with Crippen molar-refractivity contribution in [1.29, 1.82) is 0 Å². The lowest BCUT2D eigenvalue weighted by atomic mass is 10.1. The quantitative estimate of drug-likeness (QED) is 0.252. The van der Waals surface area contributed by atoms with E-state index in [1.807, 2.05) is 0 Å². The number of benzene rings is 3. The third-order valence-electron chi connectivity index (χ3n) is 5.72. The highest BCUT2D eigenvalue weighted by molar-refractivity contribution is 6.53. The van der Waals surface area contributed by atoms with E-state index in [9.17, 15) is 24.0 Å². The maximum absolute atomic E-state index is 13.0. The molecular weight excluding hydrogens is 510 g/mol. The van der Waals surface area contributed by atoms with Crippen LogP contribution in [0.1, 0.15) is 33.2 Å². The van der Waals surface area contributed by atoms with Gasteiger partial charge in [0.2, 0.25) is 5.91 Å². The van der Waals surface area contributed by atoms with E-state index in [0.29, 0.717) is 22.5 Å². The molecule has 0 aromatic heterocycles. The van der Waals surface area contributed by atoms with E-state index in [1.165, 1.54) is 38.3 Å². The van der Waals surface area contributed by atoms with Crippen molar-refractivity contribution >= 4 is 58.1 Å². The van der Waals surface area contributed by atoms with Gasteiger partial charge in [-0.3, -0.25) is 19.2 Å². The SMILES string of the molecule is COC(=O)c1cccc(N2C(=O)C(Cl)=C(Nc3ccc(CC(=O)Nc4ccc(C(C)=O)cc4)cc3)C2=O)c1. The van der Waals surface area contributed by atoms with E-state index in [4.69, 9.17) is 16.3 Å². The summed E-state index contributed by atoms with van der Waals surface area (Å²) in [6, 6.07) is 19.2. The van der Waals surface area contributed by atoms with E-state index in [0.717, 1.165) is 4.90 Å². The Balaban J connectivity index is 1.41. The van der Waals surface area contributed by atoms with Gasteiger partial charge in [-0.25, -0.2) is 9.69 Å². The number of amides is 3. The van der Waals surface area contributed by atoms with Crippen LogP contribution in [0.15, 0.2) is 83.5 Å². The number of hydrogen-bond donors (Lipinski definition) is 2. The van der Waals surface area contributed by atoms with Crippen LogP contribution in [0, 0.1) is 0 Å². The molecule has 1 aliphatic heterocycles. The van der Waals surface area contributed by atoms with Gasteiger partial charge in [-0.1, -0.05) is 29.8 Å². The molecule has 3 aromatic carbocycles. The first-order valence-corrected chi connectivity index (χ1v) is 11.8. The molecule has 10 heteroatoms. The van der Waals surface area contributed by atoms with Crippen molar-refractivity contribution in [2.45, 2.75) is 13.3 Å². The number of hydrogen-bond acceptors (Lipinski definition) is 7. The smallest absolute Gasteiger partial charge is 0.337 e. The molecule has 0 fully saturated rings. The molecular formula is C28H22ClN3O6. The van der Waals surface area contributed by atoms with Gasteiger partial charge in [0.15, 0.2) is 5.78 Å². The summed E-state index contributed by atoms with van der Waals surface area (Å²) in [4.78, 5) is 62.3. The van der Waals surface area contributed by atoms with Gasteiger partial charge in [0.25, 0.3) is 11.8 Å². The minimum Gasteiger partial charge on any atom is -0.465 e. The molecule has 3 amide bonds. The number of anilines is 3. The van der Waals surface area contributed by atoms with Crippen molar-refractivity contribution < 1.29 is 28.7 Å². The van der Waals surface area contributed by atoms with Crippen LogP contribution < -0.4 is 15.5 Å². The van der Waals surface area contributed by atoms with Gasteiger partial charge in [-0.05, 0) is 67.1 Å². The molecule has 1 aliphatic rings. The summed E-state index contributed by atoms with van der Waals surface area (Å²) in [5.41, 5.74) is 2.56. The molecule has 0 radical (unpaired) electrons. The third-order valence-corrected chi connectivity index (χ3v) is 6.07. The number of Topliss-reactive ketones (excluding diaryl/α,β-unsaturated/α-hetero) is 1. The Kier molecular flexibility index (Phi) is 7.68. The first kappa shape index (κ1) is 26.3. The Morgan fingerprint density at radius 2 is 1.53 bits per heavy atom. The van der Waals surface area contributed by atoms with Gasteiger partial charge in [0, 0.05) is 16.9 Å². The highest BCUT2D eigenvalue weighted by Crippen LogP contribution is 2.30. The topological polar surface area (TPSA) is 122 Å². The zero-order chi connectivity index (χ0) is 27.4. The van der Waals surface area contributed by atoms with Crippen molar-refractivity contribution in [1.82, 2.24) is 0 Å². The van der Waals surface area contributed by atoms with Crippen LogP contribution in [0.25, 0.3) is 0 Å². The molecule has 2 N–H and O–H groups in total. The second-order valence-electron chi connectivity index (χ2n) is 8.36. The zero-order valence-corrected chi connectivity index (χ0v) is 21.2. The second-order valence-corrected chi connectivity index (χ2v) is 8.73. The number of carbonyl (C=O) groups is 5. The largest absolute Gasteiger partial charge is 0.465 e. The number of carbonyl (C=O) groups excluding carboxylic acids is 5. The number of methoxy groups -OCH3 is 1. The van der Waals surface area contributed by atoms with E-state index in [1.54, 1.807) is 48.5 Å². The molecule has 3 aromatic rings. The fraction of sp³-hybridized carbons (Fsp3) is 0.107. The van der Waals surface area contributed by atoms with E-state index >= 15 is 0 Å². The van der Waals surface area contributed by atoms with Gasteiger partial charge in [-0.15, -0.1) is 0 Å². The Morgan fingerprint density at radius 3 is 2.16 bits per heavy atom. The van der Waals surface area contributed by atoms with Crippen LogP contribution >= 0.6 is 11.6 Å². The van der Waals surface area contributed by atoms with E-state index < -0.39 is 17.8 Å². The highest BCUT2D eigenvalue weighted by atomic mass is 35.5. The predicted molar refractivity (Wildman–Crippen MR) is 142 cm³/mol. The summed E-state index contributed by atoms with van der Waals surface area (Å²) in [6.07, 6.45) is 0.0971. The number of halogens is 1. The molecule has 38 heavy (non-hydrogen) atoms. The number of rotatable bonds is 8. The average molecular weight is 532 g/mol. The first-order valence-electron chi connectivity index (χ1n) is 11.4. The summed E-state index contributed by atoms with van der Waals surface area (Å²) >= 11 is 6.19. The zero-order valence-electron chi connectivity index (χ0n) is 20.4. The number of ether oxygens (including phenoxy) is 1. The second kappa shape index (κ2) is 11.1. The minimum atomic E-state index is -0.731. The molecule has 0 saturated heterocycles. The highest BCUT2D eigenvalue weighted by Gasteiger charge is 2.39. The van der Waals surface area contributed by atoms with Gasteiger partial charge in [0.1, 0.15) is 10.7 Å². The maximum Gasteiger partial charge on any atom is 0.337 e. The van der Waals surface area contributed by atoms with Crippen LogP contribution in [0.5, 0.6) is 0 Å². The van der Waals surface area contributed by atoms with Gasteiger partial charge in [0.05, 0.1) is 24.8 Å². The fourth-order valence-corrected chi connectivity index (χ4v) is 3.98. The van der Waals surface area contributed by atoms with Crippen LogP contribution in [0.2, 0.25) is 0 Å². The molecule has 0 unspecified atom stereocenters. The lowest BCUT2D eigenvalue weighted by Crippen LogP contribution is -2.32. The van der Waals surface area contributed by atoms with Crippen molar-refractivity contribution in [3.63, 3.8) is 0 Å². The number of nitrogens with zero attached hydrogens (tertiary/aromatic N) is 1. The number of ketones is 1. The van der Waals surface area contributed by atoms with Crippen molar-refractivity contribution in [2.75, 3.05) is 22.6 Å². The molecule has 0 bridgehead atoms. The van der Waals surface area contributed by atoms with Gasteiger partial charge < -0.3 is 15.4 Å². The van der Waals surface area contributed by atoms with E-state index in [2.05, 4.69) is 10.6 Å². The summed E-state index contributed by atoms with van der Waals surface area (Å²) in [7, 11) is 1.23. The lowest BCUT2D eigenvalue weighted by molar-refractivity contribution is -0.120. The summed E-state index contributed by atoms with van der Waals surface area (Å²) in [6.45, 7) is 1.47. The molecule has 0 spiro atoms. The van der Waals surface area contributed by atoms with Crippen molar-refractivity contribution in [2.24, 2.45) is 0 Å².